The second-order valence-electron chi connectivity index (χ2n) is 4.39. The Morgan fingerprint density at radius 3 is 2.71 bits per heavy atom. The van der Waals surface area contributed by atoms with Gasteiger partial charge in [-0.1, -0.05) is 6.07 Å². The number of halogens is 1. The molecule has 1 heterocycles. The van der Waals surface area contributed by atoms with E-state index < -0.39 is 5.97 Å². The summed E-state index contributed by atoms with van der Waals surface area (Å²) in [6, 6.07) is 7.17. The Labute approximate surface area is 135 Å². The van der Waals surface area contributed by atoms with Gasteiger partial charge in [0.05, 0.1) is 18.5 Å². The largest absolute Gasteiger partial charge is 0.464 e. The van der Waals surface area contributed by atoms with E-state index in [1.165, 1.54) is 11.8 Å². The molecule has 0 aliphatic carbocycles. The summed E-state index contributed by atoms with van der Waals surface area (Å²) < 4.78 is 7.07. The fourth-order valence-corrected chi connectivity index (χ4v) is 2.50. The number of aromatic nitrogens is 2. The molecule has 0 saturated heterocycles. The predicted molar refractivity (Wildman–Crippen MR) is 86.4 cm³/mol. The predicted octanol–water partition coefficient (Wildman–Crippen LogP) is 2.37. The number of nitrogens with one attached hydrogen (secondary N) is 1. The van der Waals surface area contributed by atoms with Gasteiger partial charge in [0.25, 0.3) is 5.91 Å². The normalized spacial score (nSPS) is 10.3. The molecule has 1 N–H and O–H groups in total. The van der Waals surface area contributed by atoms with Crippen LogP contribution in [0.4, 0.5) is 5.69 Å². The fraction of sp³-hybridized carbons (Fsp3) is 0.214. The van der Waals surface area contributed by atoms with Crippen molar-refractivity contribution in [2.45, 2.75) is 6.92 Å². The summed E-state index contributed by atoms with van der Waals surface area (Å²) in [6.45, 7) is 1.72. The molecule has 21 heavy (non-hydrogen) atoms. The minimum atomic E-state index is -0.545. The maximum absolute atomic E-state index is 12.3. The van der Waals surface area contributed by atoms with Crippen LogP contribution in [0.2, 0.25) is 0 Å². The average Bonchev–Trinajstić information content (AvgIpc) is 2.72. The smallest absolute Gasteiger partial charge is 0.358 e. The maximum Gasteiger partial charge on any atom is 0.358 e. The fourth-order valence-electron chi connectivity index (χ4n) is 1.95. The van der Waals surface area contributed by atoms with E-state index in [1.807, 2.05) is 6.07 Å². The lowest BCUT2D eigenvalue weighted by Gasteiger charge is -2.07. The van der Waals surface area contributed by atoms with Crippen LogP contribution in [0.5, 0.6) is 0 Å². The summed E-state index contributed by atoms with van der Waals surface area (Å²) in [7, 11) is 2.91. The maximum atomic E-state index is 12.3. The number of aryl methyl sites for hydroxylation is 2. The minimum Gasteiger partial charge on any atom is -0.464 e. The van der Waals surface area contributed by atoms with Gasteiger partial charge in [-0.3, -0.25) is 9.48 Å². The van der Waals surface area contributed by atoms with E-state index in [2.05, 4.69) is 33.0 Å². The van der Waals surface area contributed by atoms with Crippen LogP contribution < -0.4 is 5.32 Å². The zero-order chi connectivity index (χ0) is 15.6. The van der Waals surface area contributed by atoms with Crippen molar-refractivity contribution < 1.29 is 14.3 Å². The van der Waals surface area contributed by atoms with Gasteiger partial charge in [-0.15, -0.1) is 0 Å². The van der Waals surface area contributed by atoms with Crippen molar-refractivity contribution in [1.82, 2.24) is 9.78 Å². The van der Waals surface area contributed by atoms with Crippen LogP contribution in [0.3, 0.4) is 0 Å². The van der Waals surface area contributed by atoms with Crippen LogP contribution in [-0.2, 0) is 11.8 Å². The molecule has 0 aliphatic heterocycles. The van der Waals surface area contributed by atoms with E-state index in [1.54, 1.807) is 32.2 Å². The molecule has 1 aromatic heterocycles. The number of amides is 1. The van der Waals surface area contributed by atoms with E-state index in [-0.39, 0.29) is 11.6 Å². The molecule has 0 radical (unpaired) electrons. The second-order valence-corrected chi connectivity index (χ2v) is 5.63. The Kier molecular flexibility index (Phi) is 4.61. The number of benzene rings is 1. The lowest BCUT2D eigenvalue weighted by molar-refractivity contribution is 0.0589. The Morgan fingerprint density at radius 1 is 1.38 bits per heavy atom. The van der Waals surface area contributed by atoms with Gasteiger partial charge in [0, 0.05) is 16.2 Å². The van der Waals surface area contributed by atoms with Crippen LogP contribution in [0.25, 0.3) is 0 Å². The number of ether oxygens (including phenoxy) is 1. The first-order valence-electron chi connectivity index (χ1n) is 6.13. The summed E-state index contributed by atoms with van der Waals surface area (Å²) >= 11 is 2.13. The van der Waals surface area contributed by atoms with E-state index in [0.29, 0.717) is 16.9 Å². The molecule has 7 heteroatoms. The van der Waals surface area contributed by atoms with Gasteiger partial charge in [0.15, 0.2) is 5.69 Å². The molecule has 0 atom stereocenters. The highest BCUT2D eigenvalue weighted by molar-refractivity contribution is 14.1. The standard InChI is InChI=1S/C14H14IN3O3/c1-8-11(12(14(20)21-3)18(2)17-8)16-13(19)9-5-4-6-10(15)7-9/h4-7H,1-3H3,(H,16,19). The van der Waals surface area contributed by atoms with Gasteiger partial charge in [0.2, 0.25) is 0 Å². The lowest BCUT2D eigenvalue weighted by Crippen LogP contribution is -2.16. The first-order valence-corrected chi connectivity index (χ1v) is 7.20. The molecule has 1 amide bonds. The van der Waals surface area contributed by atoms with Crippen molar-refractivity contribution in [2.24, 2.45) is 7.05 Å². The van der Waals surface area contributed by atoms with Crippen molar-refractivity contribution in [3.05, 3.63) is 44.8 Å². The first-order chi connectivity index (χ1) is 9.93. The zero-order valence-electron chi connectivity index (χ0n) is 11.8. The zero-order valence-corrected chi connectivity index (χ0v) is 14.0. The molecule has 2 aromatic rings. The number of carbonyl (C=O) groups excluding carboxylic acids is 2. The highest BCUT2D eigenvalue weighted by Crippen LogP contribution is 2.21. The molecule has 2 rings (SSSR count). The highest BCUT2D eigenvalue weighted by Gasteiger charge is 2.22. The van der Waals surface area contributed by atoms with Crippen molar-refractivity contribution in [2.75, 3.05) is 12.4 Å². The van der Waals surface area contributed by atoms with Gasteiger partial charge in [-0.25, -0.2) is 4.79 Å². The number of esters is 1. The number of rotatable bonds is 3. The van der Waals surface area contributed by atoms with Crippen LogP contribution >= 0.6 is 22.6 Å². The van der Waals surface area contributed by atoms with Crippen LogP contribution in [0, 0.1) is 10.5 Å². The highest BCUT2D eigenvalue weighted by atomic mass is 127. The quantitative estimate of drug-likeness (QED) is 0.636. The SMILES string of the molecule is COC(=O)c1c(NC(=O)c2cccc(I)c2)c(C)nn1C. The number of hydrogen-bond acceptors (Lipinski definition) is 4. The summed E-state index contributed by atoms with van der Waals surface area (Å²) in [5.41, 5.74) is 1.65. The summed E-state index contributed by atoms with van der Waals surface area (Å²) in [5, 5.41) is 6.88. The van der Waals surface area contributed by atoms with Gasteiger partial charge in [0.1, 0.15) is 0 Å². The van der Waals surface area contributed by atoms with E-state index in [0.717, 1.165) is 3.57 Å². The molecule has 0 aliphatic rings. The van der Waals surface area contributed by atoms with Crippen molar-refractivity contribution in [1.29, 1.82) is 0 Å². The number of nitrogens with zero attached hydrogens (tertiary/aromatic N) is 2. The average molecular weight is 399 g/mol. The van der Waals surface area contributed by atoms with Crippen LogP contribution in [0.15, 0.2) is 24.3 Å². The van der Waals surface area contributed by atoms with Gasteiger partial charge in [-0.2, -0.15) is 5.10 Å². The first kappa shape index (κ1) is 15.5. The van der Waals surface area contributed by atoms with Gasteiger partial charge in [-0.05, 0) is 47.7 Å². The van der Waals surface area contributed by atoms with Crippen molar-refractivity contribution >= 4 is 40.2 Å². The monoisotopic (exact) mass is 399 g/mol. The third-order valence-electron chi connectivity index (χ3n) is 2.93. The van der Waals surface area contributed by atoms with Crippen LogP contribution in [-0.4, -0.2) is 28.8 Å². The molecule has 6 nitrogen and oxygen atoms in total. The molecule has 0 bridgehead atoms. The number of anilines is 1. The minimum absolute atomic E-state index is 0.217. The Balaban J connectivity index is 2.35. The molecular formula is C14H14IN3O3. The van der Waals surface area contributed by atoms with E-state index in [9.17, 15) is 9.59 Å². The molecule has 0 fully saturated rings. The third-order valence-corrected chi connectivity index (χ3v) is 3.60. The summed E-state index contributed by atoms with van der Waals surface area (Å²) in [4.78, 5) is 24.1. The molecule has 0 unspecified atom stereocenters. The summed E-state index contributed by atoms with van der Waals surface area (Å²) in [5.74, 6) is -0.842. The Bertz CT molecular complexity index is 709. The molecule has 0 saturated carbocycles. The number of methoxy groups -OCH3 is 1. The summed E-state index contributed by atoms with van der Waals surface area (Å²) in [6.07, 6.45) is 0. The molecule has 110 valence electrons. The van der Waals surface area contributed by atoms with E-state index in [4.69, 9.17) is 4.74 Å². The lowest BCUT2D eigenvalue weighted by atomic mass is 10.2. The number of carbonyl (C=O) groups is 2. The Morgan fingerprint density at radius 2 is 2.10 bits per heavy atom. The third kappa shape index (κ3) is 3.23. The molecular weight excluding hydrogens is 385 g/mol. The molecule has 0 spiro atoms. The topological polar surface area (TPSA) is 73.2 Å². The van der Waals surface area contributed by atoms with Gasteiger partial charge < -0.3 is 10.1 Å². The van der Waals surface area contributed by atoms with E-state index >= 15 is 0 Å². The van der Waals surface area contributed by atoms with Crippen molar-refractivity contribution in [3.8, 4) is 0 Å². The van der Waals surface area contributed by atoms with Crippen molar-refractivity contribution in [3.63, 3.8) is 0 Å². The van der Waals surface area contributed by atoms with Gasteiger partial charge >= 0.3 is 5.97 Å². The Hall–Kier alpha value is -1.90. The van der Waals surface area contributed by atoms with Crippen LogP contribution in [0.1, 0.15) is 26.5 Å². The second kappa shape index (κ2) is 6.25. The molecule has 1 aromatic carbocycles. The number of hydrogen-bond donors (Lipinski definition) is 1.